The predicted molar refractivity (Wildman–Crippen MR) is 524 cm³/mol. The summed E-state index contributed by atoms with van der Waals surface area (Å²) in [7, 11) is -6.35. The molecule has 0 saturated carbocycles. The molecule has 0 bridgehead atoms. The fourth-order valence-corrected chi connectivity index (χ4v) is 30.5. The zero-order valence-electron chi connectivity index (χ0n) is 67.1. The van der Waals surface area contributed by atoms with E-state index >= 15 is 0 Å². The van der Waals surface area contributed by atoms with E-state index in [-0.39, 0.29) is 6.71 Å². The summed E-state index contributed by atoms with van der Waals surface area (Å²) in [6.45, 7) is -0.324. The summed E-state index contributed by atoms with van der Waals surface area (Å²) in [6.07, 6.45) is 0. The standard InChI is InChI=1S/C116H80BN3Si2/c1-9-39-81(40-10-1)96-59-25-27-61-98(96)83-71-73-110-106(75-83)117-107-76-84(99-62-28-26-60-97(99)82-41-11-2-12-42-82)72-74-111(107)119(87-44-38-58-95(80-87)122(91-51-19-6-20-52-91,92-53-21-7-22-54-92)93-55-23-8-24-56-93)113-78-85(114-102-65-29-31-67-104(102)116(105-68-32-30-66-103(105)114)120-108-69-35-33-63-100(108)101-64-34-36-70-109(101)120)77-112(115(113)117)118(110)86-43-37-57-94(79-86)121(88-45-13-3-14-46-88,89-47-15-4-16-48-89)90-49-17-5-18-50-90/h1-80H. The van der Waals surface area contributed by atoms with Crippen LogP contribution in [0.2, 0.25) is 0 Å². The molecular formula is C116H80BN3Si2. The Hall–Kier alpha value is -15.2. The van der Waals surface area contributed by atoms with Gasteiger partial charge in [-0.15, -0.1) is 0 Å². The number of benzene rings is 20. The molecule has 2 aliphatic heterocycles. The number of hydrogen-bond donors (Lipinski definition) is 0. The highest BCUT2D eigenvalue weighted by Crippen LogP contribution is 2.51. The van der Waals surface area contributed by atoms with E-state index in [1.807, 2.05) is 0 Å². The van der Waals surface area contributed by atoms with Crippen LogP contribution in [0.3, 0.4) is 0 Å². The van der Waals surface area contributed by atoms with Crippen molar-refractivity contribution in [1.29, 1.82) is 0 Å². The van der Waals surface area contributed by atoms with Crippen LogP contribution in [0.4, 0.5) is 34.1 Å². The Morgan fingerprint density at radius 1 is 0.189 bits per heavy atom. The summed E-state index contributed by atoms with van der Waals surface area (Å²) >= 11 is 0. The molecule has 570 valence electrons. The van der Waals surface area contributed by atoms with Crippen LogP contribution in [-0.2, 0) is 0 Å². The van der Waals surface area contributed by atoms with E-state index in [1.165, 1.54) is 140 Å². The molecule has 3 nitrogen and oxygen atoms in total. The second-order valence-corrected chi connectivity index (χ2v) is 40.0. The van der Waals surface area contributed by atoms with Crippen LogP contribution in [0.1, 0.15) is 0 Å². The molecule has 122 heavy (non-hydrogen) atoms. The number of fused-ring (bicyclic) bond motifs is 9. The maximum Gasteiger partial charge on any atom is 0.252 e. The number of rotatable bonds is 16. The van der Waals surface area contributed by atoms with Crippen LogP contribution in [0, 0.1) is 0 Å². The Kier molecular flexibility index (Phi) is 17.7. The van der Waals surface area contributed by atoms with E-state index in [1.54, 1.807) is 0 Å². The van der Waals surface area contributed by atoms with Crippen molar-refractivity contribution in [2.24, 2.45) is 0 Å². The zero-order chi connectivity index (χ0) is 80.7. The van der Waals surface area contributed by atoms with E-state index in [4.69, 9.17) is 0 Å². The molecular weight excluding hydrogens is 1500 g/mol. The Balaban J connectivity index is 0.877. The van der Waals surface area contributed by atoms with Gasteiger partial charge in [0.2, 0.25) is 0 Å². The lowest BCUT2D eigenvalue weighted by atomic mass is 9.33. The summed E-state index contributed by atoms with van der Waals surface area (Å²) < 4.78 is 2.55. The van der Waals surface area contributed by atoms with Crippen molar-refractivity contribution >= 4 is 158 Å². The van der Waals surface area contributed by atoms with E-state index < -0.39 is 16.1 Å². The van der Waals surface area contributed by atoms with Crippen LogP contribution >= 0.6 is 0 Å². The molecule has 0 unspecified atom stereocenters. The number of anilines is 6. The first-order valence-electron chi connectivity index (χ1n) is 42.4. The highest BCUT2D eigenvalue weighted by molar-refractivity contribution is 7.20. The molecule has 20 aromatic carbocycles. The van der Waals surface area contributed by atoms with Crippen molar-refractivity contribution in [1.82, 2.24) is 4.57 Å². The minimum atomic E-state index is -3.18. The number of nitrogens with zero attached hydrogens (tertiary/aromatic N) is 3. The smallest absolute Gasteiger partial charge is 0.252 e. The molecule has 0 N–H and O–H groups in total. The summed E-state index contributed by atoms with van der Waals surface area (Å²) in [5.41, 5.74) is 25.4. The number of aromatic nitrogens is 1. The summed E-state index contributed by atoms with van der Waals surface area (Å²) in [5.74, 6) is 0. The molecule has 3 heterocycles. The molecule has 21 aromatic rings. The van der Waals surface area contributed by atoms with Crippen LogP contribution < -0.4 is 67.7 Å². The van der Waals surface area contributed by atoms with Crippen molar-refractivity contribution in [3.63, 3.8) is 0 Å². The van der Waals surface area contributed by atoms with Gasteiger partial charge in [0.15, 0.2) is 16.1 Å². The largest absolute Gasteiger partial charge is 0.311 e. The van der Waals surface area contributed by atoms with Gasteiger partial charge >= 0.3 is 0 Å². The fraction of sp³-hybridized carbons (Fsp3) is 0. The Morgan fingerprint density at radius 3 is 0.828 bits per heavy atom. The summed E-state index contributed by atoms with van der Waals surface area (Å²) in [6, 6.07) is 185. The molecule has 0 saturated heterocycles. The third-order valence-corrected chi connectivity index (χ3v) is 35.6. The molecule has 6 heteroatoms. The third-order valence-electron chi connectivity index (χ3n) is 26.0. The Bertz CT molecular complexity index is 6940. The monoisotopic (exact) mass is 1580 g/mol. The number of hydrogen-bond acceptors (Lipinski definition) is 2. The first-order chi connectivity index (χ1) is 60.6. The fourth-order valence-electron chi connectivity index (χ4n) is 21.0. The number of para-hydroxylation sites is 2. The van der Waals surface area contributed by atoms with Gasteiger partial charge in [-0.25, -0.2) is 0 Å². The highest BCUT2D eigenvalue weighted by atomic mass is 28.3. The Morgan fingerprint density at radius 2 is 0.475 bits per heavy atom. The van der Waals surface area contributed by atoms with Crippen molar-refractivity contribution < 1.29 is 0 Å². The van der Waals surface area contributed by atoms with Crippen molar-refractivity contribution in [2.45, 2.75) is 0 Å². The predicted octanol–water partition coefficient (Wildman–Crippen LogP) is 22.3. The zero-order valence-corrected chi connectivity index (χ0v) is 69.1. The molecule has 23 rings (SSSR count). The van der Waals surface area contributed by atoms with Gasteiger partial charge in [-0.1, -0.05) is 425 Å². The van der Waals surface area contributed by atoms with Gasteiger partial charge in [0.1, 0.15) is 0 Å². The highest BCUT2D eigenvalue weighted by Gasteiger charge is 2.48. The summed E-state index contributed by atoms with van der Waals surface area (Å²) in [5, 5.41) is 17.6. The molecule has 1 aromatic heterocycles. The van der Waals surface area contributed by atoms with Gasteiger partial charge in [0.25, 0.3) is 6.71 Å². The van der Waals surface area contributed by atoms with E-state index in [0.717, 1.165) is 56.5 Å². The first-order valence-corrected chi connectivity index (χ1v) is 46.4. The van der Waals surface area contributed by atoms with E-state index in [0.29, 0.717) is 0 Å². The van der Waals surface area contributed by atoms with Gasteiger partial charge in [-0.3, -0.25) is 0 Å². The van der Waals surface area contributed by atoms with Gasteiger partial charge in [-0.2, -0.15) is 0 Å². The lowest BCUT2D eigenvalue weighted by Gasteiger charge is -2.45. The maximum atomic E-state index is 2.69. The second-order valence-electron chi connectivity index (χ2n) is 32.4. The van der Waals surface area contributed by atoms with Gasteiger partial charge < -0.3 is 14.4 Å². The van der Waals surface area contributed by atoms with Gasteiger partial charge in [-0.05, 0) is 185 Å². The minimum Gasteiger partial charge on any atom is -0.311 e. The van der Waals surface area contributed by atoms with Crippen LogP contribution in [0.5, 0.6) is 0 Å². The quantitative estimate of drug-likeness (QED) is 0.0543. The first kappa shape index (κ1) is 72.1. The lowest BCUT2D eigenvalue weighted by molar-refractivity contribution is 1.21. The van der Waals surface area contributed by atoms with Gasteiger partial charge in [0.05, 0.1) is 16.7 Å². The topological polar surface area (TPSA) is 11.4 Å². The molecule has 0 aliphatic carbocycles. The second kappa shape index (κ2) is 30.0. The van der Waals surface area contributed by atoms with E-state index in [2.05, 4.69) is 500 Å². The molecule has 2 aliphatic rings. The molecule has 0 spiro atoms. The maximum absolute atomic E-state index is 3.18. The molecule has 0 atom stereocenters. The SMILES string of the molecule is c1ccc(-c2ccccc2-c2ccc3c(c2)B2c4cc(-c5ccccc5-c5ccccc5)ccc4N(c4cccc([Si](c5ccccc5)(c5ccccc5)c5ccccc5)c4)c4cc(-c5c6ccccc6c(-n6c7ccccc7c7ccccc76)c6ccccc56)cc(c42)N3c2cccc([Si](c3ccccc3)(c3ccccc3)c3ccccc3)c2)cc1. The lowest BCUT2D eigenvalue weighted by Crippen LogP contribution is -2.74. The van der Waals surface area contributed by atoms with Crippen molar-refractivity contribution in [2.75, 3.05) is 9.80 Å². The van der Waals surface area contributed by atoms with Crippen molar-refractivity contribution in [3.8, 4) is 61.3 Å². The normalized spacial score (nSPS) is 12.4. The average molecular weight is 1580 g/mol. The molecule has 0 fully saturated rings. The summed E-state index contributed by atoms with van der Waals surface area (Å²) in [4.78, 5) is 5.38. The molecule has 0 amide bonds. The third kappa shape index (κ3) is 11.5. The van der Waals surface area contributed by atoms with E-state index in [9.17, 15) is 0 Å². The van der Waals surface area contributed by atoms with Crippen LogP contribution in [-0.4, -0.2) is 27.4 Å². The van der Waals surface area contributed by atoms with Gasteiger partial charge in [0, 0.05) is 55.7 Å². The minimum absolute atomic E-state index is 0.324. The average Bonchev–Trinajstić information content (AvgIpc) is 0.998. The van der Waals surface area contributed by atoms with Crippen molar-refractivity contribution in [3.05, 3.63) is 485 Å². The molecule has 0 radical (unpaired) electrons. The Labute approximate surface area is 714 Å². The van der Waals surface area contributed by atoms with Crippen LogP contribution in [0.25, 0.3) is 105 Å². The van der Waals surface area contributed by atoms with Crippen LogP contribution in [0.15, 0.2) is 485 Å².